The summed E-state index contributed by atoms with van der Waals surface area (Å²) < 4.78 is 41.3. The number of nitrogens with one attached hydrogen (secondary N) is 4. The van der Waals surface area contributed by atoms with Crippen LogP contribution in [0.3, 0.4) is 0 Å². The van der Waals surface area contributed by atoms with Gasteiger partial charge in [-0.1, -0.05) is 118 Å². The predicted octanol–water partition coefficient (Wildman–Crippen LogP) is 5.94. The van der Waals surface area contributed by atoms with Gasteiger partial charge in [0.25, 0.3) is 0 Å². The van der Waals surface area contributed by atoms with Crippen LogP contribution in [0.25, 0.3) is 0 Å². The van der Waals surface area contributed by atoms with Crippen molar-refractivity contribution >= 4 is 76.6 Å². The average molecular weight is 1320 g/mol. The summed E-state index contributed by atoms with van der Waals surface area (Å²) in [5.41, 5.74) is -2.25. The highest BCUT2D eigenvalue weighted by Gasteiger charge is 2.50. The summed E-state index contributed by atoms with van der Waals surface area (Å²) >= 11 is 6.12. The van der Waals surface area contributed by atoms with Crippen LogP contribution in [0.5, 0.6) is 0 Å². The van der Waals surface area contributed by atoms with E-state index in [1.807, 2.05) is 27.7 Å². The Morgan fingerprint density at radius 2 is 1.32 bits per heavy atom. The number of alkyl halides is 3. The molecule has 0 unspecified atom stereocenters. The molecular weight excluding hydrogens is 1220 g/mol. The van der Waals surface area contributed by atoms with Gasteiger partial charge in [-0.25, -0.2) is 0 Å². The van der Waals surface area contributed by atoms with Crippen LogP contribution in [-0.2, 0) is 65.3 Å². The largest absolute Gasteiger partial charge is 0.417 e. The van der Waals surface area contributed by atoms with Gasteiger partial charge in [-0.15, -0.1) is 0 Å². The third-order valence-corrected chi connectivity index (χ3v) is 19.3. The van der Waals surface area contributed by atoms with Crippen LogP contribution in [0.4, 0.5) is 13.2 Å². The lowest BCUT2D eigenvalue weighted by Crippen LogP contribution is -2.64. The molecule has 0 bridgehead atoms. The molecule has 8 atom stereocenters. The van der Waals surface area contributed by atoms with Crippen LogP contribution in [0.1, 0.15) is 176 Å². The molecule has 2 aliphatic heterocycles. The van der Waals surface area contributed by atoms with E-state index in [1.54, 1.807) is 27.7 Å². The molecule has 2 saturated heterocycles. The monoisotopic (exact) mass is 1320 g/mol. The molecule has 11 amide bonds. The zero-order valence-corrected chi connectivity index (χ0v) is 57.2. The first-order valence-corrected chi connectivity index (χ1v) is 33.5. The Kier molecular flexibility index (Phi) is 28.2. The van der Waals surface area contributed by atoms with Crippen LogP contribution in [0.15, 0.2) is 18.2 Å². The first-order valence-electron chi connectivity index (χ1n) is 33.1. The van der Waals surface area contributed by atoms with Crippen molar-refractivity contribution in [1.29, 1.82) is 0 Å². The van der Waals surface area contributed by atoms with Gasteiger partial charge in [-0.05, 0) is 106 Å². The standard InChI is InChI=1S/C66H103ClF3N11O11/c1-14-31-80-39-54(84)75(9)38-55(85)78(12)51(36-44-22-17-16-18-23-44)62(90)76(10)37-52(82)72-48(28-26-45-25-27-46(47(67)35-45)66(68,69)70)61(89)81-32-21-24-49(81)59(87)74-65(29-19-20-30-65)64(92)79(13)57(41(5)6)60(88)71-43(8)34-53(83)77(11)50(33-40(3)4)58(86)73-56(63(80)91)42(7)15-2/h25,27,35,40-44,48-51,56-57H,14-24,26,28-34,36-39H2,1-13H3,(H,71,88)(H,72,82)(H,73,86)(H,74,87)/t42-,43+,48-,49-,50-,51-,56-,57-/m0/s1. The number of likely N-dealkylation sites (N-methyl/N-ethyl adjacent to an activating group) is 5. The molecule has 0 radical (unpaired) electrons. The van der Waals surface area contributed by atoms with Crippen LogP contribution in [0, 0.1) is 23.7 Å². The van der Waals surface area contributed by atoms with Gasteiger partial charge >= 0.3 is 6.18 Å². The highest BCUT2D eigenvalue weighted by atomic mass is 35.5. The van der Waals surface area contributed by atoms with E-state index in [1.165, 1.54) is 65.8 Å². The maximum atomic E-state index is 15.0. The third kappa shape index (κ3) is 20.0. The summed E-state index contributed by atoms with van der Waals surface area (Å²) in [4.78, 5) is 169. The number of carbonyl (C=O) groups is 11. The highest BCUT2D eigenvalue weighted by molar-refractivity contribution is 6.31. The lowest BCUT2D eigenvalue weighted by Gasteiger charge is -2.39. The lowest BCUT2D eigenvalue weighted by atomic mass is 9.84. The summed E-state index contributed by atoms with van der Waals surface area (Å²) in [5.74, 6) is -7.69. The summed E-state index contributed by atoms with van der Waals surface area (Å²) in [5, 5.41) is 11.0. The van der Waals surface area contributed by atoms with E-state index < -0.39 is 161 Å². The molecule has 2 aliphatic carbocycles. The molecule has 1 aromatic rings. The Morgan fingerprint density at radius 1 is 0.674 bits per heavy atom. The maximum Gasteiger partial charge on any atom is 0.417 e. The van der Waals surface area contributed by atoms with Crippen LogP contribution in [-0.4, -0.2) is 215 Å². The molecule has 516 valence electrons. The first-order chi connectivity index (χ1) is 43.2. The number of amides is 11. The Morgan fingerprint density at radius 3 is 1.90 bits per heavy atom. The molecule has 22 nitrogen and oxygen atoms in total. The van der Waals surface area contributed by atoms with E-state index in [0.717, 1.165) is 54.0 Å². The summed E-state index contributed by atoms with van der Waals surface area (Å²) in [6, 6.07) is -4.58. The zero-order valence-electron chi connectivity index (χ0n) is 56.5. The number of hydrogen-bond donors (Lipinski definition) is 4. The van der Waals surface area contributed by atoms with Gasteiger partial charge in [0, 0.05) is 60.8 Å². The molecule has 26 heteroatoms. The van der Waals surface area contributed by atoms with Gasteiger partial charge in [0.2, 0.25) is 65.0 Å². The molecule has 2 heterocycles. The van der Waals surface area contributed by atoms with E-state index >= 15 is 9.59 Å². The normalized spacial score (nSPS) is 26.0. The van der Waals surface area contributed by atoms with Crippen molar-refractivity contribution in [2.75, 3.05) is 68.0 Å². The van der Waals surface area contributed by atoms with E-state index in [4.69, 9.17) is 11.6 Å². The van der Waals surface area contributed by atoms with Gasteiger partial charge in [-0.3, -0.25) is 52.7 Å². The lowest BCUT2D eigenvalue weighted by molar-refractivity contribution is -0.149. The molecule has 0 aromatic heterocycles. The second kappa shape index (κ2) is 34.0. The summed E-state index contributed by atoms with van der Waals surface area (Å²) in [6.45, 7) is 13.0. The summed E-state index contributed by atoms with van der Waals surface area (Å²) in [7, 11) is 7.20. The van der Waals surface area contributed by atoms with Gasteiger partial charge < -0.3 is 55.6 Å². The number of carbonyl (C=O) groups excluding carboxylic acids is 11. The first kappa shape index (κ1) is 76.2. The fraction of sp³-hybridized carbons (Fsp3) is 0.742. The van der Waals surface area contributed by atoms with Crippen molar-refractivity contribution in [3.63, 3.8) is 0 Å². The Hall–Kier alpha value is -6.53. The fourth-order valence-electron chi connectivity index (χ4n) is 13.4. The predicted molar refractivity (Wildman–Crippen MR) is 342 cm³/mol. The van der Waals surface area contributed by atoms with Crippen molar-refractivity contribution in [1.82, 2.24) is 55.6 Å². The maximum absolute atomic E-state index is 15.0. The molecule has 4 fully saturated rings. The molecule has 1 aromatic carbocycles. The van der Waals surface area contributed by atoms with Crippen LogP contribution >= 0.6 is 11.6 Å². The average Bonchev–Trinajstić information content (AvgIpc) is 1.55. The van der Waals surface area contributed by atoms with Gasteiger partial charge in [-0.2, -0.15) is 13.2 Å². The molecule has 2 saturated carbocycles. The Balaban J connectivity index is 1.56. The van der Waals surface area contributed by atoms with Gasteiger partial charge in [0.1, 0.15) is 41.8 Å². The molecule has 5 rings (SSSR count). The van der Waals surface area contributed by atoms with Crippen LogP contribution in [0.2, 0.25) is 5.02 Å². The number of rotatable bonds is 12. The molecule has 92 heavy (non-hydrogen) atoms. The van der Waals surface area contributed by atoms with E-state index in [-0.39, 0.29) is 76.3 Å². The van der Waals surface area contributed by atoms with Crippen molar-refractivity contribution < 1.29 is 65.9 Å². The number of hydrogen-bond acceptors (Lipinski definition) is 11. The number of fused-ring (bicyclic) bond motifs is 1. The highest BCUT2D eigenvalue weighted by Crippen LogP contribution is 2.37. The minimum absolute atomic E-state index is 0.0329. The molecular formula is C66H103ClF3N11O11. The minimum atomic E-state index is -4.74. The fourth-order valence-corrected chi connectivity index (χ4v) is 13.7. The van der Waals surface area contributed by atoms with E-state index in [0.29, 0.717) is 37.7 Å². The smallest absolute Gasteiger partial charge is 0.351 e. The van der Waals surface area contributed by atoms with Crippen molar-refractivity contribution in [3.8, 4) is 0 Å². The summed E-state index contributed by atoms with van der Waals surface area (Å²) in [6.07, 6.45) is 2.51. The second-order valence-corrected chi connectivity index (χ2v) is 27.6. The van der Waals surface area contributed by atoms with Crippen molar-refractivity contribution in [3.05, 3.63) is 34.3 Å². The molecule has 4 aliphatic rings. The van der Waals surface area contributed by atoms with Gasteiger partial charge in [0.15, 0.2) is 0 Å². The Bertz CT molecular complexity index is 2800. The van der Waals surface area contributed by atoms with E-state index in [9.17, 15) is 56.3 Å². The van der Waals surface area contributed by atoms with E-state index in [2.05, 4.69) is 21.3 Å². The minimum Gasteiger partial charge on any atom is -0.351 e. The number of nitrogens with zero attached hydrogens (tertiary/aromatic N) is 7. The van der Waals surface area contributed by atoms with Crippen LogP contribution < -0.4 is 21.3 Å². The molecule has 1 spiro atoms. The zero-order chi connectivity index (χ0) is 68.7. The quantitative estimate of drug-likeness (QED) is 0.190. The van der Waals surface area contributed by atoms with Gasteiger partial charge in [0.05, 0.1) is 30.2 Å². The second-order valence-electron chi connectivity index (χ2n) is 27.1. The van der Waals surface area contributed by atoms with Crippen molar-refractivity contribution in [2.24, 2.45) is 23.7 Å². The third-order valence-electron chi connectivity index (χ3n) is 19.0. The molecule has 4 N–H and O–H groups in total. The topological polar surface area (TPSA) is 259 Å². The Labute approximate surface area is 546 Å². The number of aryl methyl sites for hydroxylation is 1. The number of halogens is 4. The SMILES string of the molecule is CCCN1CC(=O)N(C)CC(=O)N(C)[C@@H](CC2CCCCC2)C(=O)N(C)CC(=O)N[C@@H](CCc2ccc(C(F)(F)F)c(Cl)c2)C(=O)N2CCC[C@H]2C(=O)NC2(CCCC2)C(=O)N(C)[C@@H](C(C)C)C(=O)N[C@H](C)CC(=O)N(C)[C@@H](CC(C)C)C(=O)N[C@@H]([C@@H](C)CC)C1=O. The number of benzene rings is 1. The van der Waals surface area contributed by atoms with Crippen molar-refractivity contribution in [2.45, 2.75) is 225 Å².